The fourth-order valence-electron chi connectivity index (χ4n) is 2.23. The zero-order valence-electron chi connectivity index (χ0n) is 15.6. The summed E-state index contributed by atoms with van der Waals surface area (Å²) in [7, 11) is -3.54. The first-order valence-corrected chi connectivity index (χ1v) is 11.2. The highest BCUT2D eigenvalue weighted by Crippen LogP contribution is 2.23. The number of aryl methyl sites for hydroxylation is 1. The van der Waals surface area contributed by atoms with E-state index in [1.807, 2.05) is 13.8 Å². The van der Waals surface area contributed by atoms with E-state index in [9.17, 15) is 13.5 Å². The molecule has 0 unspecified atom stereocenters. The molecule has 0 saturated carbocycles. The van der Waals surface area contributed by atoms with Crippen molar-refractivity contribution in [2.24, 2.45) is 5.92 Å². The van der Waals surface area contributed by atoms with E-state index in [4.69, 9.17) is 4.52 Å². The maximum Gasteiger partial charge on any atom is 0.242 e. The number of anilines is 2. The van der Waals surface area contributed by atoms with E-state index in [-0.39, 0.29) is 24.5 Å². The maximum absolute atomic E-state index is 11.5. The van der Waals surface area contributed by atoms with Gasteiger partial charge in [0.2, 0.25) is 21.9 Å². The molecule has 2 aromatic heterocycles. The van der Waals surface area contributed by atoms with Crippen LogP contribution in [0.4, 0.5) is 11.9 Å². The molecule has 0 spiro atoms. The lowest BCUT2D eigenvalue weighted by atomic mass is 10.0. The summed E-state index contributed by atoms with van der Waals surface area (Å²) in [4.78, 5) is 12.6. The molecule has 0 bridgehead atoms. The quantitative estimate of drug-likeness (QED) is 0.489. The Morgan fingerprint density at radius 3 is 2.52 bits per heavy atom. The topological polar surface area (TPSA) is 143 Å². The third-order valence-corrected chi connectivity index (χ3v) is 4.86. The standard InChI is InChI=1S/C15H24N6O4S2/c1-9(2)5-12(7-22)17-13-18-14(21-27(4,23)24)20-15(19-13)26-8-11-6-16-25-10(11)3/h6,9,12,22H,5,7-8H2,1-4H3,(H2,17,18,19,20,21)/t12-/m1/s1. The first-order valence-electron chi connectivity index (χ1n) is 8.30. The van der Waals surface area contributed by atoms with Gasteiger partial charge in [-0.1, -0.05) is 30.8 Å². The molecule has 12 heteroatoms. The zero-order chi connectivity index (χ0) is 20.0. The van der Waals surface area contributed by atoms with E-state index in [2.05, 4.69) is 30.1 Å². The number of rotatable bonds is 10. The predicted octanol–water partition coefficient (Wildman–Crippen LogP) is 1.65. The molecule has 0 aromatic carbocycles. The Morgan fingerprint density at radius 1 is 1.26 bits per heavy atom. The number of nitrogens with one attached hydrogen (secondary N) is 2. The van der Waals surface area contributed by atoms with Crippen LogP contribution in [-0.2, 0) is 15.8 Å². The number of nitrogens with zero attached hydrogens (tertiary/aromatic N) is 4. The molecule has 2 rings (SSSR count). The van der Waals surface area contributed by atoms with E-state index in [0.29, 0.717) is 29.0 Å². The molecule has 3 N–H and O–H groups in total. The van der Waals surface area contributed by atoms with Crippen molar-refractivity contribution in [2.75, 3.05) is 22.9 Å². The number of aromatic nitrogens is 4. The first-order chi connectivity index (χ1) is 12.7. The van der Waals surface area contributed by atoms with Crippen LogP contribution >= 0.6 is 11.8 Å². The molecule has 27 heavy (non-hydrogen) atoms. The van der Waals surface area contributed by atoms with Crippen LogP contribution in [0.2, 0.25) is 0 Å². The molecular weight excluding hydrogens is 392 g/mol. The molecule has 0 radical (unpaired) electrons. The van der Waals surface area contributed by atoms with Gasteiger partial charge in [0, 0.05) is 11.3 Å². The number of aliphatic hydroxyl groups excluding tert-OH is 1. The Kier molecular flexibility index (Phi) is 7.39. The molecule has 0 fully saturated rings. The Labute approximate surface area is 162 Å². The van der Waals surface area contributed by atoms with Crippen molar-refractivity contribution in [3.63, 3.8) is 0 Å². The molecule has 1 atom stereocenters. The fourth-order valence-corrected chi connectivity index (χ4v) is 3.51. The second kappa shape index (κ2) is 9.33. The molecule has 150 valence electrons. The summed E-state index contributed by atoms with van der Waals surface area (Å²) < 4.78 is 30.4. The third kappa shape index (κ3) is 7.31. The normalized spacial score (nSPS) is 13.0. The second-order valence-corrected chi connectivity index (χ2v) is 9.18. The number of thioether (sulfide) groups is 1. The smallest absolute Gasteiger partial charge is 0.242 e. The van der Waals surface area contributed by atoms with Crippen LogP contribution in [0.3, 0.4) is 0 Å². The van der Waals surface area contributed by atoms with Crippen molar-refractivity contribution in [3.8, 4) is 0 Å². The van der Waals surface area contributed by atoms with Gasteiger partial charge in [-0.2, -0.15) is 15.0 Å². The van der Waals surface area contributed by atoms with E-state index in [1.165, 1.54) is 11.8 Å². The summed E-state index contributed by atoms with van der Waals surface area (Å²) in [6, 6.07) is -0.253. The summed E-state index contributed by atoms with van der Waals surface area (Å²) in [5, 5.41) is 16.6. The van der Waals surface area contributed by atoms with Crippen molar-refractivity contribution in [2.45, 2.75) is 44.1 Å². The molecular formula is C15H24N6O4S2. The van der Waals surface area contributed by atoms with Crippen LogP contribution in [0.5, 0.6) is 0 Å². The lowest BCUT2D eigenvalue weighted by Crippen LogP contribution is -2.27. The van der Waals surface area contributed by atoms with E-state index in [1.54, 1.807) is 13.1 Å². The average molecular weight is 417 g/mol. The minimum atomic E-state index is -3.54. The number of hydrogen-bond acceptors (Lipinski definition) is 10. The third-order valence-electron chi connectivity index (χ3n) is 3.41. The predicted molar refractivity (Wildman–Crippen MR) is 103 cm³/mol. The lowest BCUT2D eigenvalue weighted by molar-refractivity contribution is 0.259. The van der Waals surface area contributed by atoms with Gasteiger partial charge in [0.05, 0.1) is 25.1 Å². The van der Waals surface area contributed by atoms with Crippen molar-refractivity contribution >= 4 is 33.7 Å². The number of sulfonamides is 1. The SMILES string of the molecule is Cc1oncc1CSc1nc(N[C@@H](CO)CC(C)C)nc(NS(C)(=O)=O)n1. The molecule has 0 aliphatic rings. The summed E-state index contributed by atoms with van der Waals surface area (Å²) in [6.45, 7) is 5.78. The summed E-state index contributed by atoms with van der Waals surface area (Å²) in [5.74, 6) is 1.67. The van der Waals surface area contributed by atoms with Gasteiger partial charge in [-0.25, -0.2) is 8.42 Å². The van der Waals surface area contributed by atoms with Gasteiger partial charge in [-0.05, 0) is 19.3 Å². The van der Waals surface area contributed by atoms with Crippen molar-refractivity contribution < 1.29 is 18.0 Å². The Morgan fingerprint density at radius 2 is 1.96 bits per heavy atom. The molecule has 10 nitrogen and oxygen atoms in total. The van der Waals surface area contributed by atoms with Gasteiger partial charge >= 0.3 is 0 Å². The zero-order valence-corrected chi connectivity index (χ0v) is 17.3. The Hall–Kier alpha value is -1.92. The van der Waals surface area contributed by atoms with E-state index < -0.39 is 10.0 Å². The number of hydrogen-bond donors (Lipinski definition) is 3. The molecule has 0 saturated heterocycles. The van der Waals surface area contributed by atoms with Crippen molar-refractivity contribution in [1.82, 2.24) is 20.1 Å². The molecule has 0 aliphatic carbocycles. The minimum Gasteiger partial charge on any atom is -0.394 e. The van der Waals surface area contributed by atoms with Gasteiger partial charge in [-0.15, -0.1) is 0 Å². The van der Waals surface area contributed by atoms with Crippen LogP contribution in [-0.4, -0.2) is 52.5 Å². The highest BCUT2D eigenvalue weighted by atomic mass is 32.2. The van der Waals surface area contributed by atoms with Crippen LogP contribution < -0.4 is 10.0 Å². The van der Waals surface area contributed by atoms with Crippen LogP contribution in [0.25, 0.3) is 0 Å². The van der Waals surface area contributed by atoms with Gasteiger partial charge in [0.1, 0.15) is 5.76 Å². The Balaban J connectivity index is 2.23. The van der Waals surface area contributed by atoms with Crippen LogP contribution in [0, 0.1) is 12.8 Å². The highest BCUT2D eigenvalue weighted by molar-refractivity contribution is 7.98. The average Bonchev–Trinajstić information content (AvgIpc) is 2.95. The van der Waals surface area contributed by atoms with Crippen molar-refractivity contribution in [1.29, 1.82) is 0 Å². The molecule has 0 aliphatic heterocycles. The maximum atomic E-state index is 11.5. The Bertz CT molecular complexity index is 856. The van der Waals surface area contributed by atoms with Crippen LogP contribution in [0.1, 0.15) is 31.6 Å². The monoisotopic (exact) mass is 416 g/mol. The van der Waals surface area contributed by atoms with E-state index >= 15 is 0 Å². The first kappa shape index (κ1) is 21.4. The van der Waals surface area contributed by atoms with Gasteiger partial charge in [-0.3, -0.25) is 4.72 Å². The van der Waals surface area contributed by atoms with Gasteiger partial charge in [0.25, 0.3) is 0 Å². The largest absolute Gasteiger partial charge is 0.394 e. The molecule has 2 heterocycles. The van der Waals surface area contributed by atoms with Crippen molar-refractivity contribution in [3.05, 3.63) is 17.5 Å². The van der Waals surface area contributed by atoms with Crippen LogP contribution in [0.15, 0.2) is 15.9 Å². The number of aliphatic hydroxyl groups is 1. The summed E-state index contributed by atoms with van der Waals surface area (Å²) in [5.41, 5.74) is 0.889. The minimum absolute atomic E-state index is 0.0826. The summed E-state index contributed by atoms with van der Waals surface area (Å²) >= 11 is 1.30. The van der Waals surface area contributed by atoms with E-state index in [0.717, 1.165) is 11.8 Å². The van der Waals surface area contributed by atoms with Gasteiger partial charge < -0.3 is 14.9 Å². The lowest BCUT2D eigenvalue weighted by Gasteiger charge is -2.18. The summed E-state index contributed by atoms with van der Waals surface area (Å²) in [6.07, 6.45) is 3.34. The van der Waals surface area contributed by atoms with Gasteiger partial charge in [0.15, 0.2) is 5.16 Å². The highest BCUT2D eigenvalue weighted by Gasteiger charge is 2.16. The fraction of sp³-hybridized carbons (Fsp3) is 0.600. The molecule has 2 aromatic rings. The molecule has 0 amide bonds. The second-order valence-electron chi connectivity index (χ2n) is 6.49.